The molecule has 0 unspecified atom stereocenters. The standard InChI is InChI=1S/C24H31N3O5/c1-15-8-6-10-19(16(15)2)26-24(25-14-18-9-7-11-32-18)27-23(28)17-12-20(29-3)22(31-5)21(13-17)30-4/h6,8,10,12-13,18H,7,9,11,14H2,1-5H3,(H2,25,26,27,28)/t18-/m0/s1. The lowest BCUT2D eigenvalue weighted by Crippen LogP contribution is -2.37. The molecule has 1 aliphatic heterocycles. The molecular weight excluding hydrogens is 410 g/mol. The second kappa shape index (κ2) is 10.9. The molecule has 8 nitrogen and oxygen atoms in total. The number of guanidine groups is 1. The number of rotatable bonds is 7. The third kappa shape index (κ3) is 5.50. The van der Waals surface area contributed by atoms with Crippen LogP contribution in [-0.4, -0.2) is 52.5 Å². The maximum absolute atomic E-state index is 13.1. The molecule has 3 rings (SSSR count). The highest BCUT2D eigenvalue weighted by Crippen LogP contribution is 2.38. The van der Waals surface area contributed by atoms with Crippen LogP contribution in [0.5, 0.6) is 17.2 Å². The van der Waals surface area contributed by atoms with Gasteiger partial charge in [-0.3, -0.25) is 10.1 Å². The lowest BCUT2D eigenvalue weighted by Gasteiger charge is -2.17. The minimum Gasteiger partial charge on any atom is -0.493 e. The molecule has 1 atom stereocenters. The molecular formula is C24H31N3O5. The monoisotopic (exact) mass is 441 g/mol. The highest BCUT2D eigenvalue weighted by molar-refractivity contribution is 6.10. The number of hydrogen-bond donors (Lipinski definition) is 2. The summed E-state index contributed by atoms with van der Waals surface area (Å²) in [5.41, 5.74) is 3.46. The Morgan fingerprint density at radius 3 is 2.44 bits per heavy atom. The molecule has 1 saturated heterocycles. The van der Waals surface area contributed by atoms with Gasteiger partial charge >= 0.3 is 0 Å². The number of hydrogen-bond acceptors (Lipinski definition) is 6. The van der Waals surface area contributed by atoms with Gasteiger partial charge in [-0.15, -0.1) is 0 Å². The number of amides is 1. The predicted octanol–water partition coefficient (Wildman–Crippen LogP) is 3.71. The number of ether oxygens (including phenoxy) is 4. The molecule has 2 aromatic carbocycles. The Balaban J connectivity index is 1.87. The summed E-state index contributed by atoms with van der Waals surface area (Å²) in [6.45, 7) is 5.27. The van der Waals surface area contributed by atoms with Gasteiger partial charge in [0.05, 0.1) is 34.0 Å². The second-order valence-electron chi connectivity index (χ2n) is 7.56. The Labute approximate surface area is 188 Å². The Bertz CT molecular complexity index is 959. The molecule has 172 valence electrons. The smallest absolute Gasteiger partial charge is 0.258 e. The molecule has 0 saturated carbocycles. The maximum atomic E-state index is 13.1. The Morgan fingerprint density at radius 2 is 1.84 bits per heavy atom. The van der Waals surface area contributed by atoms with Crippen LogP contribution in [0.3, 0.4) is 0 Å². The number of methoxy groups -OCH3 is 3. The lowest BCUT2D eigenvalue weighted by molar-refractivity contribution is 0.0974. The Kier molecular flexibility index (Phi) is 7.94. The van der Waals surface area contributed by atoms with Gasteiger partial charge in [0.25, 0.3) is 5.91 Å². The molecule has 0 bridgehead atoms. The van der Waals surface area contributed by atoms with Crippen molar-refractivity contribution in [1.29, 1.82) is 0 Å². The summed E-state index contributed by atoms with van der Waals surface area (Å²) in [5.74, 6) is 1.23. The number of carbonyl (C=O) groups excluding carboxylic acids is 1. The molecule has 1 fully saturated rings. The van der Waals surface area contributed by atoms with Gasteiger partial charge in [0.2, 0.25) is 11.7 Å². The molecule has 2 aromatic rings. The van der Waals surface area contributed by atoms with Crippen LogP contribution in [-0.2, 0) is 4.74 Å². The van der Waals surface area contributed by atoms with Gasteiger partial charge in [-0.25, -0.2) is 4.99 Å². The van der Waals surface area contributed by atoms with E-state index in [1.165, 1.54) is 21.3 Å². The highest BCUT2D eigenvalue weighted by atomic mass is 16.5. The van der Waals surface area contributed by atoms with Crippen molar-refractivity contribution in [2.75, 3.05) is 39.8 Å². The molecule has 1 aliphatic rings. The Hall–Kier alpha value is -3.26. The number of carbonyl (C=O) groups is 1. The van der Waals surface area contributed by atoms with Crippen molar-refractivity contribution in [3.8, 4) is 17.2 Å². The van der Waals surface area contributed by atoms with Crippen molar-refractivity contribution in [1.82, 2.24) is 5.32 Å². The minimum atomic E-state index is -0.354. The molecule has 1 amide bonds. The summed E-state index contributed by atoms with van der Waals surface area (Å²) in [4.78, 5) is 17.7. The molecule has 8 heteroatoms. The van der Waals surface area contributed by atoms with Crippen LogP contribution < -0.4 is 24.8 Å². The van der Waals surface area contributed by atoms with Gasteiger partial charge in [0.15, 0.2) is 11.5 Å². The third-order valence-corrected chi connectivity index (χ3v) is 5.49. The zero-order chi connectivity index (χ0) is 23.1. The van der Waals surface area contributed by atoms with Gasteiger partial charge < -0.3 is 24.3 Å². The van der Waals surface area contributed by atoms with Gasteiger partial charge in [-0.2, -0.15) is 0 Å². The average Bonchev–Trinajstić information content (AvgIpc) is 3.33. The van der Waals surface area contributed by atoms with E-state index in [1.54, 1.807) is 12.1 Å². The third-order valence-electron chi connectivity index (χ3n) is 5.49. The SMILES string of the molecule is COc1cc(C(=O)NC(=NC[C@@H]2CCCO2)Nc2cccc(C)c2C)cc(OC)c1OC. The summed E-state index contributed by atoms with van der Waals surface area (Å²) >= 11 is 0. The minimum absolute atomic E-state index is 0.0588. The van der Waals surface area contributed by atoms with E-state index in [9.17, 15) is 4.79 Å². The zero-order valence-corrected chi connectivity index (χ0v) is 19.3. The number of benzene rings is 2. The average molecular weight is 442 g/mol. The largest absolute Gasteiger partial charge is 0.493 e. The topological polar surface area (TPSA) is 90.4 Å². The fourth-order valence-corrected chi connectivity index (χ4v) is 3.50. The number of nitrogens with one attached hydrogen (secondary N) is 2. The highest BCUT2D eigenvalue weighted by Gasteiger charge is 2.19. The lowest BCUT2D eigenvalue weighted by atomic mass is 10.1. The van der Waals surface area contributed by atoms with Crippen LogP contribution >= 0.6 is 0 Å². The molecule has 0 aliphatic carbocycles. The van der Waals surface area contributed by atoms with Crippen molar-refractivity contribution in [2.24, 2.45) is 4.99 Å². The van der Waals surface area contributed by atoms with Crippen molar-refractivity contribution in [3.63, 3.8) is 0 Å². The summed E-state index contributed by atoms with van der Waals surface area (Å²) in [6, 6.07) is 9.16. The summed E-state index contributed by atoms with van der Waals surface area (Å²) < 4.78 is 21.8. The number of nitrogens with zero attached hydrogens (tertiary/aromatic N) is 1. The first kappa shape index (κ1) is 23.4. The van der Waals surface area contributed by atoms with Gasteiger partial charge in [-0.05, 0) is 56.0 Å². The molecule has 32 heavy (non-hydrogen) atoms. The second-order valence-corrected chi connectivity index (χ2v) is 7.56. The molecule has 1 heterocycles. The van der Waals surface area contributed by atoms with Crippen LogP contribution in [0.4, 0.5) is 5.69 Å². The van der Waals surface area contributed by atoms with Crippen LogP contribution in [0.2, 0.25) is 0 Å². The van der Waals surface area contributed by atoms with Crippen molar-refractivity contribution in [3.05, 3.63) is 47.0 Å². The Morgan fingerprint density at radius 1 is 1.12 bits per heavy atom. The molecule has 0 aromatic heterocycles. The van der Waals surface area contributed by atoms with Gasteiger partial charge in [0, 0.05) is 17.9 Å². The van der Waals surface area contributed by atoms with E-state index in [-0.39, 0.29) is 12.0 Å². The van der Waals surface area contributed by atoms with E-state index in [2.05, 4.69) is 15.6 Å². The van der Waals surface area contributed by atoms with E-state index in [0.717, 1.165) is 36.3 Å². The van der Waals surface area contributed by atoms with E-state index < -0.39 is 0 Å². The predicted molar refractivity (Wildman–Crippen MR) is 124 cm³/mol. The molecule has 2 N–H and O–H groups in total. The van der Waals surface area contributed by atoms with Crippen LogP contribution in [0, 0.1) is 13.8 Å². The zero-order valence-electron chi connectivity index (χ0n) is 19.3. The molecule has 0 spiro atoms. The summed E-state index contributed by atoms with van der Waals surface area (Å²) in [7, 11) is 4.54. The number of aliphatic imine (C=N–C) groups is 1. The number of anilines is 1. The first-order valence-corrected chi connectivity index (χ1v) is 10.6. The maximum Gasteiger partial charge on any atom is 0.258 e. The fraction of sp³-hybridized carbons (Fsp3) is 0.417. The van der Waals surface area contributed by atoms with Crippen LogP contribution in [0.15, 0.2) is 35.3 Å². The first-order valence-electron chi connectivity index (χ1n) is 10.6. The van der Waals surface area contributed by atoms with E-state index in [0.29, 0.717) is 35.3 Å². The van der Waals surface area contributed by atoms with Crippen molar-refractivity contribution >= 4 is 17.6 Å². The number of aryl methyl sites for hydroxylation is 1. The van der Waals surface area contributed by atoms with Crippen LogP contribution in [0.25, 0.3) is 0 Å². The van der Waals surface area contributed by atoms with Gasteiger partial charge in [0.1, 0.15) is 0 Å². The van der Waals surface area contributed by atoms with Gasteiger partial charge in [-0.1, -0.05) is 12.1 Å². The first-order chi connectivity index (χ1) is 15.5. The van der Waals surface area contributed by atoms with Crippen LogP contribution in [0.1, 0.15) is 34.3 Å². The quantitative estimate of drug-likeness (QED) is 0.503. The van der Waals surface area contributed by atoms with E-state index in [4.69, 9.17) is 18.9 Å². The van der Waals surface area contributed by atoms with Crippen molar-refractivity contribution in [2.45, 2.75) is 32.8 Å². The van der Waals surface area contributed by atoms with E-state index >= 15 is 0 Å². The normalized spacial score (nSPS) is 15.9. The van der Waals surface area contributed by atoms with E-state index in [1.807, 2.05) is 32.0 Å². The van der Waals surface area contributed by atoms with Crippen molar-refractivity contribution < 1.29 is 23.7 Å². The summed E-state index contributed by atoms with van der Waals surface area (Å²) in [5, 5.41) is 6.15. The molecule has 0 radical (unpaired) electrons. The fourth-order valence-electron chi connectivity index (χ4n) is 3.50. The summed E-state index contributed by atoms with van der Waals surface area (Å²) in [6.07, 6.45) is 2.04.